The summed E-state index contributed by atoms with van der Waals surface area (Å²) in [5.41, 5.74) is 2.93. The van der Waals surface area contributed by atoms with Crippen LogP contribution in [0.5, 0.6) is 0 Å². The number of carbonyl (C=O) groups excluding carboxylic acids is 1. The number of amides is 1. The van der Waals surface area contributed by atoms with Crippen LogP contribution in [0.15, 0.2) is 36.5 Å². The summed E-state index contributed by atoms with van der Waals surface area (Å²) < 4.78 is 1.95. The molecule has 3 rings (SSSR count). The number of hydrogen-bond donors (Lipinski definition) is 1. The Bertz CT molecular complexity index is 688. The van der Waals surface area contributed by atoms with Gasteiger partial charge in [0.1, 0.15) is 5.69 Å². The Labute approximate surface area is 143 Å². The summed E-state index contributed by atoms with van der Waals surface area (Å²) >= 11 is 0. The van der Waals surface area contributed by atoms with Crippen molar-refractivity contribution >= 4 is 5.91 Å². The van der Waals surface area contributed by atoms with Gasteiger partial charge in [-0.3, -0.25) is 9.48 Å². The second-order valence-corrected chi connectivity index (χ2v) is 6.43. The van der Waals surface area contributed by atoms with Gasteiger partial charge in [0, 0.05) is 25.8 Å². The number of rotatable bonds is 5. The van der Waals surface area contributed by atoms with Crippen molar-refractivity contribution in [3.05, 3.63) is 53.3 Å². The van der Waals surface area contributed by atoms with Gasteiger partial charge >= 0.3 is 0 Å². The Morgan fingerprint density at radius 3 is 2.92 bits per heavy atom. The average Bonchev–Trinajstić information content (AvgIpc) is 3.11. The van der Waals surface area contributed by atoms with Crippen molar-refractivity contribution in [2.45, 2.75) is 39.3 Å². The van der Waals surface area contributed by atoms with Gasteiger partial charge in [0.15, 0.2) is 0 Å². The molecule has 5 nitrogen and oxygen atoms in total. The van der Waals surface area contributed by atoms with E-state index in [1.54, 1.807) is 0 Å². The molecule has 1 atom stereocenters. The van der Waals surface area contributed by atoms with E-state index in [0.717, 1.165) is 25.9 Å². The number of nitrogens with zero attached hydrogens (tertiary/aromatic N) is 3. The molecule has 1 unspecified atom stereocenters. The van der Waals surface area contributed by atoms with E-state index in [1.165, 1.54) is 11.1 Å². The fourth-order valence-electron chi connectivity index (χ4n) is 3.20. The molecule has 2 aromatic rings. The summed E-state index contributed by atoms with van der Waals surface area (Å²) in [5, 5.41) is 7.94. The summed E-state index contributed by atoms with van der Waals surface area (Å²) in [6.45, 7) is 7.39. The van der Waals surface area contributed by atoms with Crippen LogP contribution in [-0.4, -0.2) is 40.2 Å². The number of aryl methyl sites for hydroxylation is 1. The van der Waals surface area contributed by atoms with Crippen LogP contribution < -0.4 is 5.32 Å². The van der Waals surface area contributed by atoms with E-state index in [0.29, 0.717) is 24.8 Å². The van der Waals surface area contributed by atoms with E-state index in [-0.39, 0.29) is 5.91 Å². The van der Waals surface area contributed by atoms with Crippen molar-refractivity contribution in [2.75, 3.05) is 19.6 Å². The van der Waals surface area contributed by atoms with Crippen LogP contribution in [0.3, 0.4) is 0 Å². The lowest BCUT2D eigenvalue weighted by Gasteiger charge is -2.23. The van der Waals surface area contributed by atoms with Crippen molar-refractivity contribution in [3.63, 3.8) is 0 Å². The molecule has 1 aromatic heterocycles. The molecule has 1 aliphatic rings. The molecule has 128 valence electrons. The van der Waals surface area contributed by atoms with Gasteiger partial charge in [-0.15, -0.1) is 0 Å². The van der Waals surface area contributed by atoms with Gasteiger partial charge in [-0.05, 0) is 50.4 Å². The summed E-state index contributed by atoms with van der Waals surface area (Å²) in [6, 6.07) is 10.4. The average molecular weight is 326 g/mol. The van der Waals surface area contributed by atoms with E-state index in [4.69, 9.17) is 0 Å². The predicted octanol–water partition coefficient (Wildman–Crippen LogP) is 2.78. The fraction of sp³-hybridized carbons (Fsp3) is 0.474. The molecule has 24 heavy (non-hydrogen) atoms. The van der Waals surface area contributed by atoms with E-state index < -0.39 is 0 Å². The zero-order valence-corrected chi connectivity index (χ0v) is 14.5. The third-order valence-electron chi connectivity index (χ3n) is 4.76. The van der Waals surface area contributed by atoms with Crippen LogP contribution in [0.25, 0.3) is 0 Å². The number of piperidine rings is 1. The molecular formula is C19H26N4O. The van der Waals surface area contributed by atoms with Crippen LogP contribution in [0.4, 0.5) is 0 Å². The van der Waals surface area contributed by atoms with Crippen LogP contribution >= 0.6 is 0 Å². The lowest BCUT2D eigenvalue weighted by Crippen LogP contribution is -2.33. The Morgan fingerprint density at radius 2 is 2.21 bits per heavy atom. The van der Waals surface area contributed by atoms with Gasteiger partial charge in [-0.1, -0.05) is 24.3 Å². The van der Waals surface area contributed by atoms with Crippen LogP contribution in [0.2, 0.25) is 0 Å². The minimum Gasteiger partial charge on any atom is -0.333 e. The molecular weight excluding hydrogens is 300 g/mol. The maximum Gasteiger partial charge on any atom is 0.274 e. The summed E-state index contributed by atoms with van der Waals surface area (Å²) in [6.07, 6.45) is 4.21. The summed E-state index contributed by atoms with van der Waals surface area (Å²) in [7, 11) is 0. The highest BCUT2D eigenvalue weighted by atomic mass is 16.2. The second kappa shape index (κ2) is 7.62. The van der Waals surface area contributed by atoms with Crippen molar-refractivity contribution in [1.82, 2.24) is 20.0 Å². The topological polar surface area (TPSA) is 50.2 Å². The standard InChI is InChI=1S/C19H26N4O/c1-3-22(14-16-8-5-4-7-15(16)2)19(24)18-10-12-23(21-18)17-9-6-11-20-13-17/h4-5,7-8,10,12,17,20H,3,6,9,11,13-14H2,1-2H3. The van der Waals surface area contributed by atoms with Crippen LogP contribution in [0, 0.1) is 6.92 Å². The first-order chi connectivity index (χ1) is 11.7. The molecule has 0 bridgehead atoms. The van der Waals surface area contributed by atoms with E-state index >= 15 is 0 Å². The van der Waals surface area contributed by atoms with Crippen molar-refractivity contribution < 1.29 is 4.79 Å². The molecule has 1 amide bonds. The van der Waals surface area contributed by atoms with Gasteiger partial charge in [-0.2, -0.15) is 5.10 Å². The molecule has 1 N–H and O–H groups in total. The quantitative estimate of drug-likeness (QED) is 0.919. The number of carbonyl (C=O) groups is 1. The maximum atomic E-state index is 12.8. The largest absolute Gasteiger partial charge is 0.333 e. The lowest BCUT2D eigenvalue weighted by molar-refractivity contribution is 0.0745. The third-order valence-corrected chi connectivity index (χ3v) is 4.76. The molecule has 1 aromatic carbocycles. The molecule has 0 aliphatic carbocycles. The minimum atomic E-state index is 0.00303. The second-order valence-electron chi connectivity index (χ2n) is 6.43. The molecule has 1 saturated heterocycles. The van der Waals surface area contributed by atoms with Crippen molar-refractivity contribution in [3.8, 4) is 0 Å². The van der Waals surface area contributed by atoms with Crippen molar-refractivity contribution in [2.24, 2.45) is 0 Å². The normalized spacial score (nSPS) is 17.7. The highest BCUT2D eigenvalue weighted by Crippen LogP contribution is 2.17. The van der Waals surface area contributed by atoms with Gasteiger partial charge in [0.2, 0.25) is 0 Å². The smallest absolute Gasteiger partial charge is 0.274 e. The summed E-state index contributed by atoms with van der Waals surface area (Å²) in [4.78, 5) is 14.7. The van der Waals surface area contributed by atoms with Gasteiger partial charge in [-0.25, -0.2) is 0 Å². The monoisotopic (exact) mass is 326 g/mol. The fourth-order valence-corrected chi connectivity index (χ4v) is 3.20. The van der Waals surface area contributed by atoms with E-state index in [9.17, 15) is 4.79 Å². The Morgan fingerprint density at radius 1 is 1.38 bits per heavy atom. The number of benzene rings is 1. The first-order valence-corrected chi connectivity index (χ1v) is 8.78. The van der Waals surface area contributed by atoms with Crippen molar-refractivity contribution in [1.29, 1.82) is 0 Å². The molecule has 2 heterocycles. The Hall–Kier alpha value is -2.14. The summed E-state index contributed by atoms with van der Waals surface area (Å²) in [5.74, 6) is 0.00303. The number of aromatic nitrogens is 2. The lowest BCUT2D eigenvalue weighted by atomic mass is 10.1. The molecule has 5 heteroatoms. The Balaban J connectivity index is 1.72. The van der Waals surface area contributed by atoms with Crippen LogP contribution in [-0.2, 0) is 6.54 Å². The third kappa shape index (κ3) is 3.67. The first kappa shape index (κ1) is 16.7. The molecule has 0 radical (unpaired) electrons. The molecule has 0 spiro atoms. The SMILES string of the molecule is CCN(Cc1ccccc1C)C(=O)c1ccn(C2CCCNC2)n1. The van der Waals surface area contributed by atoms with E-state index in [1.807, 2.05) is 40.9 Å². The molecule has 1 aliphatic heterocycles. The van der Waals surface area contributed by atoms with E-state index in [2.05, 4.69) is 29.5 Å². The van der Waals surface area contributed by atoms with Gasteiger partial charge in [0.25, 0.3) is 5.91 Å². The number of hydrogen-bond acceptors (Lipinski definition) is 3. The maximum absolute atomic E-state index is 12.8. The zero-order valence-electron chi connectivity index (χ0n) is 14.5. The van der Waals surface area contributed by atoms with Crippen LogP contribution in [0.1, 0.15) is 47.4 Å². The van der Waals surface area contributed by atoms with Gasteiger partial charge in [0.05, 0.1) is 6.04 Å². The Kier molecular flexibility index (Phi) is 5.30. The predicted molar refractivity (Wildman–Crippen MR) is 95.0 cm³/mol. The minimum absolute atomic E-state index is 0.00303. The highest BCUT2D eigenvalue weighted by Gasteiger charge is 2.21. The molecule has 0 saturated carbocycles. The zero-order chi connectivity index (χ0) is 16.9. The van der Waals surface area contributed by atoms with Gasteiger partial charge < -0.3 is 10.2 Å². The molecule has 1 fully saturated rings. The highest BCUT2D eigenvalue weighted by molar-refractivity contribution is 5.92. The number of nitrogens with one attached hydrogen (secondary N) is 1. The first-order valence-electron chi connectivity index (χ1n) is 8.78.